The maximum atomic E-state index is 13.4. The molecule has 2 aliphatic heterocycles. The Balaban J connectivity index is 0.000000643. The van der Waals surface area contributed by atoms with E-state index < -0.39 is 5.97 Å². The highest BCUT2D eigenvalue weighted by Gasteiger charge is 2.36. The maximum Gasteiger partial charge on any atom is 0.307 e. The summed E-state index contributed by atoms with van der Waals surface area (Å²) in [6.07, 6.45) is 10.4. The number of pyridine rings is 1. The smallest absolute Gasteiger partial charge is 0.307 e. The van der Waals surface area contributed by atoms with E-state index in [0.29, 0.717) is 18.5 Å². The highest BCUT2D eigenvalue weighted by atomic mass is 16.4. The van der Waals surface area contributed by atoms with Crippen molar-refractivity contribution in [2.45, 2.75) is 100 Å². The van der Waals surface area contributed by atoms with Crippen LogP contribution in [0.3, 0.4) is 0 Å². The number of nitrogens with zero attached hydrogens (tertiary/aromatic N) is 5. The molecule has 0 radical (unpaired) electrons. The summed E-state index contributed by atoms with van der Waals surface area (Å²) in [5.74, 6) is 1.13. The fourth-order valence-corrected chi connectivity index (χ4v) is 5.67. The number of hydrogen-bond donors (Lipinski definition) is 2. The number of nitrogens with one attached hydrogen (secondary N) is 1. The number of carboxylic acids is 1. The number of anilines is 4. The predicted octanol–water partition coefficient (Wildman–Crippen LogP) is 8.64. The molecule has 2 aromatic rings. The van der Waals surface area contributed by atoms with Crippen molar-refractivity contribution in [1.82, 2.24) is 4.98 Å². The Morgan fingerprint density at radius 2 is 1.71 bits per heavy atom. The molecule has 1 aliphatic carbocycles. The van der Waals surface area contributed by atoms with Gasteiger partial charge in [0, 0.05) is 43.9 Å². The first-order chi connectivity index (χ1) is 23.2. The topological polar surface area (TPSA) is 101 Å². The van der Waals surface area contributed by atoms with Crippen LogP contribution in [0.5, 0.6) is 0 Å². The number of carbonyl (C=O) groups excluding carboxylic acids is 1. The molecule has 1 aromatic heterocycles. The van der Waals surface area contributed by atoms with E-state index in [9.17, 15) is 9.59 Å². The monoisotopic (exact) mass is 672 g/mol. The number of amides is 1. The van der Waals surface area contributed by atoms with Crippen molar-refractivity contribution in [3.63, 3.8) is 0 Å². The van der Waals surface area contributed by atoms with Crippen molar-refractivity contribution in [3.05, 3.63) is 65.5 Å². The Hall–Kier alpha value is -4.14. The summed E-state index contributed by atoms with van der Waals surface area (Å²) < 4.78 is 0. The van der Waals surface area contributed by atoms with E-state index in [1.807, 2.05) is 55.4 Å². The average molecular weight is 673 g/mol. The Labute approximate surface area is 295 Å². The van der Waals surface area contributed by atoms with Gasteiger partial charge < -0.3 is 25.1 Å². The second kappa shape index (κ2) is 18.0. The van der Waals surface area contributed by atoms with Crippen molar-refractivity contribution in [2.24, 2.45) is 16.3 Å². The molecule has 1 saturated carbocycles. The molecule has 3 heterocycles. The van der Waals surface area contributed by atoms with Gasteiger partial charge in [0.25, 0.3) is 0 Å². The van der Waals surface area contributed by atoms with E-state index in [2.05, 4.69) is 70.2 Å². The number of likely N-dealkylation sites (N-methyl/N-ethyl adjacent to an activating group) is 1. The molecule has 5 rings (SSSR count). The van der Waals surface area contributed by atoms with Gasteiger partial charge in [-0.05, 0) is 61.8 Å². The van der Waals surface area contributed by atoms with Crippen LogP contribution in [0.4, 0.5) is 22.9 Å². The number of allylic oxidation sites excluding steroid dienone is 1. The van der Waals surface area contributed by atoms with Gasteiger partial charge in [0.15, 0.2) is 5.82 Å². The molecule has 0 saturated heterocycles. The minimum absolute atomic E-state index is 0.00147. The van der Waals surface area contributed by atoms with Gasteiger partial charge in [-0.25, -0.2) is 9.98 Å². The van der Waals surface area contributed by atoms with Crippen LogP contribution in [-0.2, 0) is 16.0 Å². The molecular weight excluding hydrogens is 612 g/mol. The highest BCUT2D eigenvalue weighted by molar-refractivity contribution is 6.01. The number of rotatable bonds is 8. The Bertz CT molecular complexity index is 1490. The van der Waals surface area contributed by atoms with Crippen molar-refractivity contribution < 1.29 is 14.7 Å². The fraction of sp³-hybridized carbons (Fsp3) is 0.550. The number of aromatic nitrogens is 1. The molecule has 0 bridgehead atoms. The molecule has 0 unspecified atom stereocenters. The van der Waals surface area contributed by atoms with E-state index in [4.69, 9.17) is 15.1 Å². The van der Waals surface area contributed by atoms with Gasteiger partial charge in [0.05, 0.1) is 36.2 Å². The summed E-state index contributed by atoms with van der Waals surface area (Å²) in [6, 6.07) is 7.35. The summed E-state index contributed by atoms with van der Waals surface area (Å²) in [4.78, 5) is 40.5. The zero-order valence-corrected chi connectivity index (χ0v) is 31.5. The van der Waals surface area contributed by atoms with Crippen LogP contribution in [-0.4, -0.2) is 61.0 Å². The number of benzene rings is 1. The van der Waals surface area contributed by atoms with Crippen LogP contribution in [0.2, 0.25) is 0 Å². The Morgan fingerprint density at radius 1 is 1.08 bits per heavy atom. The van der Waals surface area contributed by atoms with Crippen LogP contribution < -0.4 is 20.0 Å². The average Bonchev–Trinajstić information content (AvgIpc) is 3.00. The minimum Gasteiger partial charge on any atom is -0.481 e. The quantitative estimate of drug-likeness (QED) is 0.214. The number of amidine groups is 1. The van der Waals surface area contributed by atoms with Gasteiger partial charge >= 0.3 is 5.97 Å². The SMILES string of the molecule is C=CC1=C(N=C(C)Nc2ccc(CC(=O)O)cc2)CN(c2cnc3c(c2C)N(C(=O)C2CCC2)CCN3C)CC1.CC(C)(C)C.CCCC. The molecule has 3 aliphatic rings. The minimum atomic E-state index is -0.849. The summed E-state index contributed by atoms with van der Waals surface area (Å²) >= 11 is 0. The molecule has 268 valence electrons. The van der Waals surface area contributed by atoms with Crippen LogP contribution in [0.15, 0.2) is 59.4 Å². The molecule has 0 atom stereocenters. The summed E-state index contributed by atoms with van der Waals surface area (Å²) in [5.41, 5.74) is 7.18. The third kappa shape index (κ3) is 11.5. The molecule has 1 amide bonds. The largest absolute Gasteiger partial charge is 0.481 e. The van der Waals surface area contributed by atoms with Gasteiger partial charge in [-0.15, -0.1) is 0 Å². The second-order valence-electron chi connectivity index (χ2n) is 14.9. The standard InChI is InChI=1S/C31H38N6O3.C5H12.C4H10/c1-5-23-13-14-36(19-26(23)34-21(3)33-25-11-9-22(10-12-25)17-28(38)39)27-18-32-30-29(20(27)2)37(16-15-35(30)4)31(40)24-7-6-8-24;1-5(2,3)4;1-3-4-2/h5,9-12,18,24H,1,6-8,13-17,19H2,2-4H3,(H,33,34)(H,38,39);1-4H3;3-4H2,1-2H3. The van der Waals surface area contributed by atoms with Crippen LogP contribution in [0, 0.1) is 18.3 Å². The number of unbranched alkanes of at least 4 members (excludes halogenated alkanes) is 1. The van der Waals surface area contributed by atoms with Crippen LogP contribution >= 0.6 is 0 Å². The lowest BCUT2D eigenvalue weighted by atomic mass is 9.84. The van der Waals surface area contributed by atoms with Gasteiger partial charge in [-0.3, -0.25) is 9.59 Å². The molecule has 1 fully saturated rings. The number of fused-ring (bicyclic) bond motifs is 1. The predicted molar refractivity (Wildman–Crippen MR) is 206 cm³/mol. The first kappa shape index (κ1) is 39.3. The highest BCUT2D eigenvalue weighted by Crippen LogP contribution is 2.41. The lowest BCUT2D eigenvalue weighted by molar-refractivity contribution is -0.136. The van der Waals surface area contributed by atoms with E-state index >= 15 is 0 Å². The van der Waals surface area contributed by atoms with Crippen molar-refractivity contribution >= 4 is 40.6 Å². The van der Waals surface area contributed by atoms with E-state index in [1.54, 1.807) is 0 Å². The van der Waals surface area contributed by atoms with Gasteiger partial charge in [0.1, 0.15) is 5.84 Å². The molecule has 49 heavy (non-hydrogen) atoms. The van der Waals surface area contributed by atoms with E-state index in [0.717, 1.165) is 89.9 Å². The molecule has 9 nitrogen and oxygen atoms in total. The number of hydrogen-bond acceptors (Lipinski definition) is 6. The number of carbonyl (C=O) groups is 2. The van der Waals surface area contributed by atoms with Gasteiger partial charge in [0.2, 0.25) is 5.91 Å². The normalized spacial score (nSPS) is 16.4. The third-order valence-corrected chi connectivity index (χ3v) is 8.66. The van der Waals surface area contributed by atoms with Gasteiger partial charge in [-0.2, -0.15) is 0 Å². The number of aliphatic imine (C=N–C) groups is 1. The van der Waals surface area contributed by atoms with E-state index in [-0.39, 0.29) is 18.2 Å². The molecular formula is C40H60N6O3. The lowest BCUT2D eigenvalue weighted by Crippen LogP contribution is -2.47. The zero-order valence-electron chi connectivity index (χ0n) is 31.5. The Kier molecular flexibility index (Phi) is 14.5. The van der Waals surface area contributed by atoms with Crippen molar-refractivity contribution in [1.29, 1.82) is 0 Å². The molecule has 1 aromatic carbocycles. The first-order valence-electron chi connectivity index (χ1n) is 17.9. The van der Waals surface area contributed by atoms with Gasteiger partial charge in [-0.1, -0.05) is 85.6 Å². The lowest BCUT2D eigenvalue weighted by Gasteiger charge is -2.40. The molecule has 2 N–H and O–H groups in total. The molecule has 9 heteroatoms. The van der Waals surface area contributed by atoms with E-state index in [1.165, 1.54) is 12.8 Å². The summed E-state index contributed by atoms with van der Waals surface area (Å²) in [7, 11) is 2.04. The summed E-state index contributed by atoms with van der Waals surface area (Å²) in [6.45, 7) is 24.0. The van der Waals surface area contributed by atoms with Crippen LogP contribution in [0.1, 0.15) is 98.1 Å². The van der Waals surface area contributed by atoms with Crippen molar-refractivity contribution in [2.75, 3.05) is 53.2 Å². The fourth-order valence-electron chi connectivity index (χ4n) is 5.67. The number of aliphatic carboxylic acids is 1. The van der Waals surface area contributed by atoms with Crippen LogP contribution in [0.25, 0.3) is 0 Å². The Morgan fingerprint density at radius 3 is 2.24 bits per heavy atom. The number of carboxylic acid groups (broad SMARTS) is 1. The summed E-state index contributed by atoms with van der Waals surface area (Å²) in [5, 5.41) is 12.3. The zero-order chi connectivity index (χ0) is 36.3. The first-order valence-corrected chi connectivity index (χ1v) is 17.9. The third-order valence-electron chi connectivity index (χ3n) is 8.66. The van der Waals surface area contributed by atoms with Crippen molar-refractivity contribution in [3.8, 4) is 0 Å². The second-order valence-corrected chi connectivity index (χ2v) is 14.9. The molecule has 0 spiro atoms. The maximum absolute atomic E-state index is 13.4.